The predicted octanol–water partition coefficient (Wildman–Crippen LogP) is 3.84. The number of thiol groups is 1. The number of nitrogens with zero attached hydrogens (tertiary/aromatic N) is 1. The Morgan fingerprint density at radius 2 is 1.69 bits per heavy atom. The average molecular weight is 243 g/mol. The zero-order valence-corrected chi connectivity index (χ0v) is 12.2. The summed E-state index contributed by atoms with van der Waals surface area (Å²) < 4.78 is 0. The van der Waals surface area contributed by atoms with Crippen molar-refractivity contribution in [3.05, 3.63) is 0 Å². The van der Waals surface area contributed by atoms with Gasteiger partial charge >= 0.3 is 0 Å². The molecular formula is C14H29NS. The molecule has 0 heterocycles. The molecule has 0 spiro atoms. The minimum atomic E-state index is 0.503. The van der Waals surface area contributed by atoms with Gasteiger partial charge in [0.05, 0.1) is 0 Å². The standard InChI is InChI=1S/C14H29NS/c1-13(2)10-15(3)11-14(12-16)8-6-4-5-7-9-14/h13,16H,4-12H2,1-3H3. The van der Waals surface area contributed by atoms with E-state index in [1.165, 1.54) is 51.6 Å². The van der Waals surface area contributed by atoms with E-state index in [-0.39, 0.29) is 0 Å². The number of hydrogen-bond acceptors (Lipinski definition) is 2. The molecule has 0 unspecified atom stereocenters. The SMILES string of the molecule is CC(C)CN(C)CC1(CS)CCCCCC1. The lowest BCUT2D eigenvalue weighted by molar-refractivity contribution is 0.163. The van der Waals surface area contributed by atoms with Crippen LogP contribution in [-0.4, -0.2) is 30.8 Å². The number of hydrogen-bond donors (Lipinski definition) is 1. The molecule has 1 fully saturated rings. The van der Waals surface area contributed by atoms with Gasteiger partial charge in [0, 0.05) is 13.1 Å². The smallest absolute Gasteiger partial charge is 0.00429 e. The van der Waals surface area contributed by atoms with Crippen molar-refractivity contribution in [3.63, 3.8) is 0 Å². The maximum atomic E-state index is 4.64. The van der Waals surface area contributed by atoms with Crippen molar-refractivity contribution in [2.45, 2.75) is 52.4 Å². The van der Waals surface area contributed by atoms with Crippen LogP contribution in [-0.2, 0) is 0 Å². The third-order valence-electron chi connectivity index (χ3n) is 3.78. The van der Waals surface area contributed by atoms with E-state index in [4.69, 9.17) is 0 Å². The Balaban J connectivity index is 2.50. The lowest BCUT2D eigenvalue weighted by Crippen LogP contribution is -2.38. The summed E-state index contributed by atoms with van der Waals surface area (Å²) in [4.78, 5) is 2.52. The largest absolute Gasteiger partial charge is 0.306 e. The highest BCUT2D eigenvalue weighted by atomic mass is 32.1. The Bertz CT molecular complexity index is 183. The first kappa shape index (κ1) is 14.4. The van der Waals surface area contributed by atoms with Crippen LogP contribution in [0.5, 0.6) is 0 Å². The summed E-state index contributed by atoms with van der Waals surface area (Å²) in [5.41, 5.74) is 0.503. The van der Waals surface area contributed by atoms with Crippen molar-refractivity contribution in [1.82, 2.24) is 4.90 Å². The molecule has 0 radical (unpaired) electrons. The average Bonchev–Trinajstić information content (AvgIpc) is 2.43. The third-order valence-corrected chi connectivity index (χ3v) is 4.45. The van der Waals surface area contributed by atoms with E-state index in [0.29, 0.717) is 5.41 Å². The molecule has 0 aromatic carbocycles. The van der Waals surface area contributed by atoms with Gasteiger partial charge < -0.3 is 4.90 Å². The second kappa shape index (κ2) is 6.90. The van der Waals surface area contributed by atoms with E-state index >= 15 is 0 Å². The van der Waals surface area contributed by atoms with Gasteiger partial charge in [-0.25, -0.2) is 0 Å². The van der Waals surface area contributed by atoms with Crippen LogP contribution in [0.3, 0.4) is 0 Å². The van der Waals surface area contributed by atoms with Crippen molar-refractivity contribution >= 4 is 12.6 Å². The van der Waals surface area contributed by atoms with Crippen LogP contribution >= 0.6 is 12.6 Å². The first-order valence-electron chi connectivity index (χ1n) is 6.87. The molecule has 1 nitrogen and oxygen atoms in total. The molecule has 0 aromatic rings. The molecule has 1 aliphatic carbocycles. The molecule has 2 heteroatoms. The molecule has 1 saturated carbocycles. The van der Waals surface area contributed by atoms with Gasteiger partial charge in [-0.1, -0.05) is 39.5 Å². The highest BCUT2D eigenvalue weighted by molar-refractivity contribution is 7.80. The van der Waals surface area contributed by atoms with E-state index in [2.05, 4.69) is 38.4 Å². The minimum Gasteiger partial charge on any atom is -0.306 e. The second-order valence-corrected chi connectivity index (χ2v) is 6.48. The first-order chi connectivity index (χ1) is 7.58. The Labute approximate surface area is 107 Å². The Morgan fingerprint density at radius 3 is 2.12 bits per heavy atom. The van der Waals surface area contributed by atoms with E-state index in [0.717, 1.165) is 11.7 Å². The Hall–Kier alpha value is 0.310. The first-order valence-corrected chi connectivity index (χ1v) is 7.51. The van der Waals surface area contributed by atoms with E-state index < -0.39 is 0 Å². The van der Waals surface area contributed by atoms with Crippen molar-refractivity contribution < 1.29 is 0 Å². The highest BCUT2D eigenvalue weighted by Gasteiger charge is 2.30. The van der Waals surface area contributed by atoms with Gasteiger partial charge in [-0.3, -0.25) is 0 Å². The molecular weight excluding hydrogens is 214 g/mol. The molecule has 96 valence electrons. The summed E-state index contributed by atoms with van der Waals surface area (Å²) in [6.07, 6.45) is 8.47. The van der Waals surface area contributed by atoms with Crippen LogP contribution in [0.25, 0.3) is 0 Å². The van der Waals surface area contributed by atoms with Crippen molar-refractivity contribution in [2.24, 2.45) is 11.3 Å². The fourth-order valence-electron chi connectivity index (χ4n) is 3.11. The molecule has 16 heavy (non-hydrogen) atoms. The fourth-order valence-corrected chi connectivity index (χ4v) is 3.52. The molecule has 0 aromatic heterocycles. The van der Waals surface area contributed by atoms with E-state index in [1.807, 2.05) is 0 Å². The second-order valence-electron chi connectivity index (χ2n) is 6.16. The van der Waals surface area contributed by atoms with Crippen molar-refractivity contribution in [3.8, 4) is 0 Å². The van der Waals surface area contributed by atoms with Gasteiger partial charge in [0.15, 0.2) is 0 Å². The maximum Gasteiger partial charge on any atom is 0.00429 e. The van der Waals surface area contributed by atoms with Crippen LogP contribution < -0.4 is 0 Å². The molecule has 1 aliphatic rings. The molecule has 0 atom stereocenters. The van der Waals surface area contributed by atoms with Crippen LogP contribution in [0.1, 0.15) is 52.4 Å². The molecule has 0 aliphatic heterocycles. The van der Waals surface area contributed by atoms with Crippen LogP contribution in [0.4, 0.5) is 0 Å². The number of rotatable bonds is 5. The summed E-state index contributed by atoms with van der Waals surface area (Å²) >= 11 is 4.64. The quantitative estimate of drug-likeness (QED) is 0.567. The van der Waals surface area contributed by atoms with Crippen LogP contribution in [0, 0.1) is 11.3 Å². The zero-order valence-electron chi connectivity index (χ0n) is 11.3. The summed E-state index contributed by atoms with van der Waals surface area (Å²) in [5.74, 6) is 1.84. The highest BCUT2D eigenvalue weighted by Crippen LogP contribution is 2.36. The summed E-state index contributed by atoms with van der Waals surface area (Å²) in [6.45, 7) is 7.07. The molecule has 0 amide bonds. The lowest BCUT2D eigenvalue weighted by atomic mass is 9.81. The van der Waals surface area contributed by atoms with Crippen molar-refractivity contribution in [2.75, 3.05) is 25.9 Å². The summed E-state index contributed by atoms with van der Waals surface area (Å²) in [5, 5.41) is 0. The molecule has 0 bridgehead atoms. The van der Waals surface area contributed by atoms with Gasteiger partial charge in [0.25, 0.3) is 0 Å². The third kappa shape index (κ3) is 4.67. The van der Waals surface area contributed by atoms with Crippen LogP contribution in [0.15, 0.2) is 0 Å². The van der Waals surface area contributed by atoms with Gasteiger partial charge in [-0.15, -0.1) is 0 Å². The normalized spacial score (nSPS) is 21.4. The molecule has 0 saturated heterocycles. The summed E-state index contributed by atoms with van der Waals surface area (Å²) in [7, 11) is 2.27. The maximum absolute atomic E-state index is 4.64. The Morgan fingerprint density at radius 1 is 1.12 bits per heavy atom. The minimum absolute atomic E-state index is 0.503. The zero-order chi connectivity index (χ0) is 12.0. The van der Waals surface area contributed by atoms with Gasteiger partial charge in [-0.05, 0) is 37.0 Å². The molecule has 1 rings (SSSR count). The molecule has 0 N–H and O–H groups in total. The van der Waals surface area contributed by atoms with Gasteiger partial charge in [0.1, 0.15) is 0 Å². The predicted molar refractivity (Wildman–Crippen MR) is 76.3 cm³/mol. The fraction of sp³-hybridized carbons (Fsp3) is 1.00. The lowest BCUT2D eigenvalue weighted by Gasteiger charge is -2.36. The summed E-state index contributed by atoms with van der Waals surface area (Å²) in [6, 6.07) is 0. The Kier molecular flexibility index (Phi) is 6.20. The van der Waals surface area contributed by atoms with Crippen molar-refractivity contribution in [1.29, 1.82) is 0 Å². The van der Waals surface area contributed by atoms with E-state index in [9.17, 15) is 0 Å². The van der Waals surface area contributed by atoms with Crippen LogP contribution in [0.2, 0.25) is 0 Å². The monoisotopic (exact) mass is 243 g/mol. The van der Waals surface area contributed by atoms with E-state index in [1.54, 1.807) is 0 Å². The topological polar surface area (TPSA) is 3.24 Å². The van der Waals surface area contributed by atoms with Gasteiger partial charge in [-0.2, -0.15) is 12.6 Å². The van der Waals surface area contributed by atoms with Gasteiger partial charge in [0.2, 0.25) is 0 Å².